The summed E-state index contributed by atoms with van der Waals surface area (Å²) in [6.07, 6.45) is -1.57. The molecule has 0 atom stereocenters. The summed E-state index contributed by atoms with van der Waals surface area (Å²) in [5.74, 6) is 0. The van der Waals surface area contributed by atoms with Crippen LogP contribution in [0, 0.1) is 10.1 Å². The van der Waals surface area contributed by atoms with Crippen molar-refractivity contribution in [3.05, 3.63) is 34.4 Å². The Bertz CT molecular complexity index is 579. The van der Waals surface area contributed by atoms with Gasteiger partial charge in [0.05, 0.1) is 15.9 Å². The van der Waals surface area contributed by atoms with Crippen molar-refractivity contribution in [1.29, 1.82) is 0 Å². The minimum atomic E-state index is -4.09. The van der Waals surface area contributed by atoms with Crippen LogP contribution in [0.4, 0.5) is 10.5 Å². The number of hydrogen-bond donors (Lipinski definition) is 1. The fraction of sp³-hybridized carbons (Fsp3) is 0.300. The van der Waals surface area contributed by atoms with Gasteiger partial charge in [0.15, 0.2) is 0 Å². The standard InChI is InChI=1S/C10H12N2O6S/c1-7(2)18-10(13)11-19(16,17)9-5-3-8(4-6-9)12(14)15/h3-7H,1-2H3,(H,11,13). The lowest BCUT2D eigenvalue weighted by Gasteiger charge is -2.09. The second kappa shape index (κ2) is 5.65. The second-order valence-corrected chi connectivity index (χ2v) is 5.49. The number of nitrogens with one attached hydrogen (secondary N) is 1. The Morgan fingerprint density at radius 1 is 1.32 bits per heavy atom. The Hall–Kier alpha value is -2.16. The number of sulfonamides is 1. The minimum absolute atomic E-state index is 0.247. The summed E-state index contributed by atoms with van der Waals surface area (Å²) in [5, 5.41) is 10.4. The van der Waals surface area contributed by atoms with Crippen LogP contribution in [0.1, 0.15) is 13.8 Å². The molecule has 0 aromatic heterocycles. The molecule has 1 aromatic rings. The van der Waals surface area contributed by atoms with Crippen LogP contribution < -0.4 is 4.72 Å². The molecule has 0 saturated heterocycles. The van der Waals surface area contributed by atoms with E-state index in [0.717, 1.165) is 24.3 Å². The molecule has 0 bridgehead atoms. The van der Waals surface area contributed by atoms with Gasteiger partial charge in [0, 0.05) is 12.1 Å². The van der Waals surface area contributed by atoms with Crippen LogP contribution in [-0.2, 0) is 14.8 Å². The van der Waals surface area contributed by atoms with Gasteiger partial charge in [0.2, 0.25) is 0 Å². The Balaban J connectivity index is 2.88. The van der Waals surface area contributed by atoms with Gasteiger partial charge in [-0.2, -0.15) is 0 Å². The van der Waals surface area contributed by atoms with Crippen LogP contribution in [0.5, 0.6) is 0 Å². The van der Waals surface area contributed by atoms with Gasteiger partial charge in [0.1, 0.15) is 0 Å². The average Bonchev–Trinajstić information content (AvgIpc) is 2.27. The molecule has 8 nitrogen and oxygen atoms in total. The van der Waals surface area contributed by atoms with E-state index in [1.54, 1.807) is 18.6 Å². The van der Waals surface area contributed by atoms with E-state index in [1.165, 1.54) is 0 Å². The first-order valence-electron chi connectivity index (χ1n) is 5.20. The van der Waals surface area contributed by atoms with Gasteiger partial charge in [-0.25, -0.2) is 17.9 Å². The quantitative estimate of drug-likeness (QED) is 0.661. The Labute approximate surface area is 109 Å². The number of non-ortho nitro benzene ring substituents is 1. The molecule has 9 heteroatoms. The maximum absolute atomic E-state index is 11.7. The number of nitro groups is 1. The number of nitro benzene ring substituents is 1. The summed E-state index contributed by atoms with van der Waals surface area (Å²) in [6.45, 7) is 3.14. The van der Waals surface area contributed by atoms with Crippen molar-refractivity contribution < 1.29 is 22.9 Å². The number of carbonyl (C=O) groups is 1. The van der Waals surface area contributed by atoms with Gasteiger partial charge < -0.3 is 4.74 Å². The number of benzene rings is 1. The summed E-state index contributed by atoms with van der Waals surface area (Å²) < 4.78 is 29.8. The van der Waals surface area contributed by atoms with E-state index in [0.29, 0.717) is 0 Å². The molecule has 1 rings (SSSR count). The zero-order chi connectivity index (χ0) is 14.6. The first-order valence-corrected chi connectivity index (χ1v) is 6.68. The van der Waals surface area contributed by atoms with Crippen LogP contribution in [0.3, 0.4) is 0 Å². The number of nitrogens with zero attached hydrogens (tertiary/aromatic N) is 1. The highest BCUT2D eigenvalue weighted by molar-refractivity contribution is 7.90. The van der Waals surface area contributed by atoms with Crippen molar-refractivity contribution in [3.8, 4) is 0 Å². The molecule has 1 aromatic carbocycles. The largest absolute Gasteiger partial charge is 0.446 e. The Morgan fingerprint density at radius 2 is 1.84 bits per heavy atom. The molecular formula is C10H12N2O6S. The number of amides is 1. The van der Waals surface area contributed by atoms with E-state index in [-0.39, 0.29) is 10.6 Å². The van der Waals surface area contributed by atoms with E-state index in [9.17, 15) is 23.3 Å². The van der Waals surface area contributed by atoms with Gasteiger partial charge in [-0.3, -0.25) is 10.1 Å². The highest BCUT2D eigenvalue weighted by Gasteiger charge is 2.20. The van der Waals surface area contributed by atoms with Gasteiger partial charge in [0.25, 0.3) is 15.7 Å². The maximum Gasteiger partial charge on any atom is 0.421 e. The van der Waals surface area contributed by atoms with E-state index < -0.39 is 27.1 Å². The monoisotopic (exact) mass is 288 g/mol. The normalized spacial score (nSPS) is 11.1. The SMILES string of the molecule is CC(C)OC(=O)NS(=O)(=O)c1ccc([N+](=O)[O-])cc1. The lowest BCUT2D eigenvalue weighted by atomic mass is 10.3. The molecule has 0 heterocycles. The number of ether oxygens (including phenoxy) is 1. The van der Waals surface area contributed by atoms with Crippen molar-refractivity contribution in [2.24, 2.45) is 0 Å². The van der Waals surface area contributed by atoms with Crippen molar-refractivity contribution in [3.63, 3.8) is 0 Å². The number of rotatable bonds is 4. The zero-order valence-corrected chi connectivity index (χ0v) is 11.0. The molecule has 0 spiro atoms. The van der Waals surface area contributed by atoms with Crippen molar-refractivity contribution in [2.75, 3.05) is 0 Å². The number of carbonyl (C=O) groups excluding carboxylic acids is 1. The number of hydrogen-bond acceptors (Lipinski definition) is 6. The predicted octanol–water partition coefficient (Wildman–Crippen LogP) is 1.42. The maximum atomic E-state index is 11.7. The molecule has 1 N–H and O–H groups in total. The molecule has 0 saturated carbocycles. The summed E-state index contributed by atoms with van der Waals surface area (Å²) in [6, 6.07) is 4.12. The molecule has 0 aliphatic rings. The summed E-state index contributed by atoms with van der Waals surface area (Å²) in [4.78, 5) is 20.7. The first kappa shape index (κ1) is 14.9. The molecular weight excluding hydrogens is 276 g/mol. The molecule has 0 radical (unpaired) electrons. The van der Waals surface area contributed by atoms with Gasteiger partial charge >= 0.3 is 6.09 Å². The van der Waals surface area contributed by atoms with Crippen molar-refractivity contribution >= 4 is 21.8 Å². The summed E-state index contributed by atoms with van der Waals surface area (Å²) in [7, 11) is -4.09. The molecule has 0 aliphatic carbocycles. The minimum Gasteiger partial charge on any atom is -0.446 e. The molecule has 0 unspecified atom stereocenters. The molecule has 104 valence electrons. The van der Waals surface area contributed by atoms with Crippen LogP contribution in [0.25, 0.3) is 0 Å². The van der Waals surface area contributed by atoms with Crippen LogP contribution >= 0.6 is 0 Å². The lowest BCUT2D eigenvalue weighted by molar-refractivity contribution is -0.384. The average molecular weight is 288 g/mol. The lowest BCUT2D eigenvalue weighted by Crippen LogP contribution is -2.32. The van der Waals surface area contributed by atoms with Crippen molar-refractivity contribution in [2.45, 2.75) is 24.8 Å². The third-order valence-corrected chi connectivity index (χ3v) is 3.25. The van der Waals surface area contributed by atoms with Crippen LogP contribution in [0.2, 0.25) is 0 Å². The van der Waals surface area contributed by atoms with E-state index in [1.807, 2.05) is 0 Å². The fourth-order valence-corrected chi connectivity index (χ4v) is 2.03. The second-order valence-electron chi connectivity index (χ2n) is 3.81. The molecule has 1 amide bonds. The summed E-state index contributed by atoms with van der Waals surface area (Å²) in [5.41, 5.74) is -0.247. The molecule has 19 heavy (non-hydrogen) atoms. The highest BCUT2D eigenvalue weighted by atomic mass is 32.2. The van der Waals surface area contributed by atoms with Crippen molar-refractivity contribution in [1.82, 2.24) is 4.72 Å². The zero-order valence-electron chi connectivity index (χ0n) is 10.2. The van der Waals surface area contributed by atoms with E-state index in [2.05, 4.69) is 4.74 Å². The third kappa shape index (κ3) is 4.21. The third-order valence-electron chi connectivity index (χ3n) is 1.92. The predicted molar refractivity (Wildman–Crippen MR) is 65.0 cm³/mol. The van der Waals surface area contributed by atoms with Crippen LogP contribution in [-0.4, -0.2) is 25.5 Å². The van der Waals surface area contributed by atoms with E-state index in [4.69, 9.17) is 0 Å². The first-order chi connectivity index (χ1) is 8.72. The fourth-order valence-electron chi connectivity index (χ4n) is 1.15. The Kier molecular flexibility index (Phi) is 4.43. The topological polar surface area (TPSA) is 116 Å². The Morgan fingerprint density at radius 3 is 2.26 bits per heavy atom. The van der Waals surface area contributed by atoms with Gasteiger partial charge in [-0.05, 0) is 26.0 Å². The van der Waals surface area contributed by atoms with Crippen LogP contribution in [0.15, 0.2) is 29.2 Å². The van der Waals surface area contributed by atoms with E-state index >= 15 is 0 Å². The smallest absolute Gasteiger partial charge is 0.421 e. The highest BCUT2D eigenvalue weighted by Crippen LogP contribution is 2.15. The van der Waals surface area contributed by atoms with Gasteiger partial charge in [-0.1, -0.05) is 0 Å². The molecule has 0 aliphatic heterocycles. The summed E-state index contributed by atoms with van der Waals surface area (Å²) >= 11 is 0. The molecule has 0 fully saturated rings. The van der Waals surface area contributed by atoms with Gasteiger partial charge in [-0.15, -0.1) is 0 Å².